The molecular weight excluding hydrogens is 234 g/mol. The second-order valence-electron chi connectivity index (χ2n) is 3.51. The molecule has 0 aromatic carbocycles. The maximum atomic E-state index is 11.1. The van der Waals surface area contributed by atoms with Gasteiger partial charge in [0.1, 0.15) is 5.82 Å². The summed E-state index contributed by atoms with van der Waals surface area (Å²) in [7, 11) is 1.31. The number of esters is 1. The number of aromatic nitrogens is 4. The molecule has 0 radical (unpaired) electrons. The third kappa shape index (κ3) is 3.03. The highest BCUT2D eigenvalue weighted by molar-refractivity contribution is 5.86. The molecule has 2 aromatic heterocycles. The minimum Gasteiger partial charge on any atom is -0.464 e. The Bertz CT molecular complexity index is 495. The zero-order chi connectivity index (χ0) is 12.8. The fraction of sp³-hybridized carbons (Fsp3) is 0.273. The first-order chi connectivity index (χ1) is 8.79. The van der Waals surface area contributed by atoms with Gasteiger partial charge in [0.2, 0.25) is 0 Å². The lowest BCUT2D eigenvalue weighted by Gasteiger charge is -2.05. The molecule has 0 saturated heterocycles. The molecule has 7 nitrogen and oxygen atoms in total. The zero-order valence-electron chi connectivity index (χ0n) is 9.91. The molecule has 0 fully saturated rings. The van der Waals surface area contributed by atoms with E-state index in [0.717, 1.165) is 6.54 Å². The van der Waals surface area contributed by atoms with Gasteiger partial charge in [-0.3, -0.25) is 0 Å². The predicted octanol–water partition coefficient (Wildman–Crippen LogP) is 0.572. The Morgan fingerprint density at radius 1 is 1.44 bits per heavy atom. The van der Waals surface area contributed by atoms with Crippen LogP contribution in [0.1, 0.15) is 10.5 Å². The highest BCUT2D eigenvalue weighted by atomic mass is 16.5. The summed E-state index contributed by atoms with van der Waals surface area (Å²) in [5.41, 5.74) is 0.192. The Labute approximate surface area is 104 Å². The average Bonchev–Trinajstić information content (AvgIpc) is 2.92. The van der Waals surface area contributed by atoms with E-state index in [2.05, 4.69) is 25.0 Å². The van der Waals surface area contributed by atoms with Crippen molar-refractivity contribution in [2.45, 2.75) is 6.54 Å². The van der Waals surface area contributed by atoms with Gasteiger partial charge in [-0.2, -0.15) is 0 Å². The first kappa shape index (κ1) is 12.0. The highest BCUT2D eigenvalue weighted by Gasteiger charge is 2.06. The van der Waals surface area contributed by atoms with Crippen molar-refractivity contribution in [2.75, 3.05) is 19.0 Å². The molecule has 0 aliphatic carbocycles. The molecule has 0 spiro atoms. The van der Waals surface area contributed by atoms with Gasteiger partial charge in [0, 0.05) is 25.5 Å². The molecular formula is C11H13N5O2. The van der Waals surface area contributed by atoms with Gasteiger partial charge < -0.3 is 14.6 Å². The molecule has 0 saturated carbocycles. The standard InChI is InChI=1S/C11H13N5O2/c1-18-11(17)9-6-15-10(7-14-9)13-3-5-16-4-2-12-8-16/h2,4,6-8H,3,5H2,1H3,(H,13,15). The lowest BCUT2D eigenvalue weighted by molar-refractivity contribution is 0.0593. The summed E-state index contributed by atoms with van der Waals surface area (Å²) in [5.74, 6) is 0.121. The summed E-state index contributed by atoms with van der Waals surface area (Å²) in [6.45, 7) is 1.48. The van der Waals surface area contributed by atoms with Crippen molar-refractivity contribution >= 4 is 11.8 Å². The third-order valence-electron chi connectivity index (χ3n) is 2.28. The molecule has 18 heavy (non-hydrogen) atoms. The van der Waals surface area contributed by atoms with Crippen LogP contribution in [0.4, 0.5) is 5.82 Å². The molecule has 0 amide bonds. The second kappa shape index (κ2) is 5.76. The Morgan fingerprint density at radius 3 is 2.94 bits per heavy atom. The van der Waals surface area contributed by atoms with Crippen LogP contribution in [-0.4, -0.2) is 39.1 Å². The van der Waals surface area contributed by atoms with Gasteiger partial charge in [0.25, 0.3) is 0 Å². The normalized spacial score (nSPS) is 10.1. The topological polar surface area (TPSA) is 81.9 Å². The number of hydrogen-bond donors (Lipinski definition) is 1. The Hall–Kier alpha value is -2.44. The second-order valence-corrected chi connectivity index (χ2v) is 3.51. The van der Waals surface area contributed by atoms with Crippen molar-refractivity contribution in [3.8, 4) is 0 Å². The van der Waals surface area contributed by atoms with E-state index >= 15 is 0 Å². The van der Waals surface area contributed by atoms with E-state index in [1.165, 1.54) is 19.5 Å². The van der Waals surface area contributed by atoms with E-state index in [0.29, 0.717) is 12.4 Å². The van der Waals surface area contributed by atoms with Crippen LogP contribution < -0.4 is 5.32 Å². The van der Waals surface area contributed by atoms with Crippen molar-refractivity contribution in [3.05, 3.63) is 36.8 Å². The van der Waals surface area contributed by atoms with Crippen LogP contribution in [-0.2, 0) is 11.3 Å². The van der Waals surface area contributed by atoms with Crippen LogP contribution in [0, 0.1) is 0 Å². The SMILES string of the molecule is COC(=O)c1cnc(NCCn2ccnc2)cn1. The van der Waals surface area contributed by atoms with E-state index in [1.54, 1.807) is 12.5 Å². The maximum absolute atomic E-state index is 11.1. The van der Waals surface area contributed by atoms with Gasteiger partial charge in [0.05, 0.1) is 25.8 Å². The van der Waals surface area contributed by atoms with E-state index in [9.17, 15) is 4.79 Å². The molecule has 2 rings (SSSR count). The van der Waals surface area contributed by atoms with Crippen molar-refractivity contribution < 1.29 is 9.53 Å². The fourth-order valence-corrected chi connectivity index (χ4v) is 1.36. The smallest absolute Gasteiger partial charge is 0.358 e. The van der Waals surface area contributed by atoms with Crippen LogP contribution in [0.3, 0.4) is 0 Å². The maximum Gasteiger partial charge on any atom is 0.358 e. The van der Waals surface area contributed by atoms with E-state index in [-0.39, 0.29) is 5.69 Å². The van der Waals surface area contributed by atoms with Gasteiger partial charge in [0.15, 0.2) is 5.69 Å². The van der Waals surface area contributed by atoms with Crippen molar-refractivity contribution in [2.24, 2.45) is 0 Å². The average molecular weight is 247 g/mol. The molecule has 0 unspecified atom stereocenters. The molecule has 0 bridgehead atoms. The van der Waals surface area contributed by atoms with Crippen LogP contribution in [0.2, 0.25) is 0 Å². The van der Waals surface area contributed by atoms with E-state index < -0.39 is 5.97 Å². The van der Waals surface area contributed by atoms with Gasteiger partial charge in [-0.1, -0.05) is 0 Å². The summed E-state index contributed by atoms with van der Waals surface area (Å²) in [6, 6.07) is 0. The minimum atomic E-state index is -0.493. The fourth-order valence-electron chi connectivity index (χ4n) is 1.36. The van der Waals surface area contributed by atoms with Gasteiger partial charge in [-0.25, -0.2) is 19.7 Å². The van der Waals surface area contributed by atoms with Gasteiger partial charge in [-0.05, 0) is 0 Å². The summed E-state index contributed by atoms with van der Waals surface area (Å²) in [5, 5.41) is 3.09. The number of nitrogens with zero attached hydrogens (tertiary/aromatic N) is 4. The molecule has 2 aromatic rings. The molecule has 0 aliphatic heterocycles. The van der Waals surface area contributed by atoms with E-state index in [1.807, 2.05) is 10.8 Å². The number of rotatable bonds is 5. The summed E-state index contributed by atoms with van der Waals surface area (Å²) >= 11 is 0. The summed E-state index contributed by atoms with van der Waals surface area (Å²) in [6.07, 6.45) is 8.23. The number of nitrogens with one attached hydrogen (secondary N) is 1. The van der Waals surface area contributed by atoms with Crippen molar-refractivity contribution in [3.63, 3.8) is 0 Å². The molecule has 94 valence electrons. The largest absolute Gasteiger partial charge is 0.464 e. The van der Waals surface area contributed by atoms with Crippen LogP contribution >= 0.6 is 0 Å². The number of carbonyl (C=O) groups excluding carboxylic acids is 1. The zero-order valence-corrected chi connectivity index (χ0v) is 9.91. The van der Waals surface area contributed by atoms with Crippen LogP contribution in [0.15, 0.2) is 31.1 Å². The third-order valence-corrected chi connectivity index (χ3v) is 2.28. The van der Waals surface area contributed by atoms with E-state index in [4.69, 9.17) is 0 Å². The van der Waals surface area contributed by atoms with Crippen molar-refractivity contribution in [1.82, 2.24) is 19.5 Å². The minimum absolute atomic E-state index is 0.192. The van der Waals surface area contributed by atoms with Crippen LogP contribution in [0.5, 0.6) is 0 Å². The quantitative estimate of drug-likeness (QED) is 0.778. The summed E-state index contributed by atoms with van der Waals surface area (Å²) < 4.78 is 6.48. The molecule has 0 atom stereocenters. The van der Waals surface area contributed by atoms with Crippen molar-refractivity contribution in [1.29, 1.82) is 0 Å². The molecule has 1 N–H and O–H groups in total. The van der Waals surface area contributed by atoms with Crippen LogP contribution in [0.25, 0.3) is 0 Å². The Kier molecular flexibility index (Phi) is 3.85. The summed E-state index contributed by atoms with van der Waals surface area (Å²) in [4.78, 5) is 23.1. The predicted molar refractivity (Wildman–Crippen MR) is 64.1 cm³/mol. The molecule has 0 aliphatic rings. The number of methoxy groups -OCH3 is 1. The number of hydrogen-bond acceptors (Lipinski definition) is 6. The number of anilines is 1. The number of ether oxygens (including phenoxy) is 1. The lowest BCUT2D eigenvalue weighted by Crippen LogP contribution is -2.11. The molecule has 7 heteroatoms. The molecule has 2 heterocycles. The Morgan fingerprint density at radius 2 is 2.33 bits per heavy atom. The number of carbonyl (C=O) groups is 1. The first-order valence-electron chi connectivity index (χ1n) is 5.39. The van der Waals surface area contributed by atoms with Gasteiger partial charge in [-0.15, -0.1) is 0 Å². The lowest BCUT2D eigenvalue weighted by atomic mass is 10.4. The first-order valence-corrected chi connectivity index (χ1v) is 5.39. The van der Waals surface area contributed by atoms with Gasteiger partial charge >= 0.3 is 5.97 Å². The number of imidazole rings is 1. The monoisotopic (exact) mass is 247 g/mol. The Balaban J connectivity index is 1.85. The highest BCUT2D eigenvalue weighted by Crippen LogP contribution is 2.01.